The minimum Gasteiger partial charge on any atom is -0.0930 e. The summed E-state index contributed by atoms with van der Waals surface area (Å²) in [5.41, 5.74) is 1.61. The topological polar surface area (TPSA) is 0 Å². The van der Waals surface area contributed by atoms with Gasteiger partial charge in [-0.2, -0.15) is 0 Å². The Balaban J connectivity index is 3.10. The second-order valence-electron chi connectivity index (χ2n) is 4.94. The molecule has 1 aromatic rings. The van der Waals surface area contributed by atoms with Gasteiger partial charge < -0.3 is 0 Å². The summed E-state index contributed by atoms with van der Waals surface area (Å²) < 4.78 is -5.82. The smallest absolute Gasteiger partial charge is 0.0930 e. The molecule has 7 heteroatoms. The number of halogens is 7. The van der Waals surface area contributed by atoms with Crippen molar-refractivity contribution >= 4 is 81.2 Å². The van der Waals surface area contributed by atoms with Gasteiger partial charge >= 0.3 is 0 Å². The number of alkyl halides is 7. The predicted octanol–water partition coefficient (Wildman–Crippen LogP) is 7.06. The highest BCUT2D eigenvalue weighted by atomic mass is 35.6. The van der Waals surface area contributed by atoms with Gasteiger partial charge in [0.25, 0.3) is 0 Å². The van der Waals surface area contributed by atoms with Crippen LogP contribution in [0.25, 0.3) is 0 Å². The van der Waals surface area contributed by atoms with Crippen molar-refractivity contribution in [2.75, 3.05) is 0 Å². The van der Waals surface area contributed by atoms with E-state index in [0.29, 0.717) is 11.5 Å². The van der Waals surface area contributed by atoms with Gasteiger partial charge in [-0.05, 0) is 23.5 Å². The van der Waals surface area contributed by atoms with Crippen molar-refractivity contribution < 1.29 is 0 Å². The van der Waals surface area contributed by atoms with Crippen molar-refractivity contribution in [2.24, 2.45) is 5.92 Å². The van der Waals surface area contributed by atoms with Crippen molar-refractivity contribution in [1.29, 1.82) is 0 Å². The highest BCUT2D eigenvalue weighted by molar-refractivity contribution is 6.78. The molecule has 0 spiro atoms. The maximum Gasteiger partial charge on any atom is 0.226 e. The van der Waals surface area contributed by atoms with E-state index in [4.69, 9.17) is 81.2 Å². The van der Waals surface area contributed by atoms with Gasteiger partial charge in [0.2, 0.25) is 8.13 Å². The molecule has 0 aliphatic heterocycles. The van der Waals surface area contributed by atoms with Crippen molar-refractivity contribution in [3.63, 3.8) is 0 Å². The van der Waals surface area contributed by atoms with E-state index in [1.54, 1.807) is 12.1 Å². The van der Waals surface area contributed by atoms with Crippen LogP contribution in [-0.2, 0) is 10.8 Å². The average molecular weight is 417 g/mol. The van der Waals surface area contributed by atoms with E-state index in [2.05, 4.69) is 13.8 Å². The Kier molecular flexibility index (Phi) is 6.55. The Morgan fingerprint density at radius 2 is 1.30 bits per heavy atom. The molecule has 0 aliphatic carbocycles. The summed E-state index contributed by atoms with van der Waals surface area (Å²) in [5.74, 6) is 0.541. The van der Waals surface area contributed by atoms with Crippen LogP contribution in [0.15, 0.2) is 24.3 Å². The Labute approximate surface area is 154 Å². The Hall–Kier alpha value is 1.25. The van der Waals surface area contributed by atoms with Crippen LogP contribution in [0.4, 0.5) is 0 Å². The maximum absolute atomic E-state index is 6.24. The molecule has 114 valence electrons. The molecule has 0 aliphatic rings. The summed E-state index contributed by atoms with van der Waals surface area (Å²) in [6.45, 7) is 4.26. The Morgan fingerprint density at radius 1 is 0.850 bits per heavy atom. The van der Waals surface area contributed by atoms with E-state index in [9.17, 15) is 0 Å². The molecular weight excluding hydrogens is 404 g/mol. The van der Waals surface area contributed by atoms with Gasteiger partial charge in [0.05, 0.1) is 0 Å². The van der Waals surface area contributed by atoms with E-state index in [0.717, 1.165) is 12.0 Å². The zero-order valence-electron chi connectivity index (χ0n) is 10.7. The first-order chi connectivity index (χ1) is 8.89. The average Bonchev–Trinajstić information content (AvgIpc) is 2.27. The first-order valence-corrected chi connectivity index (χ1v) is 8.46. The lowest BCUT2D eigenvalue weighted by Gasteiger charge is -2.37. The molecule has 20 heavy (non-hydrogen) atoms. The zero-order chi connectivity index (χ0) is 15.8. The van der Waals surface area contributed by atoms with Crippen molar-refractivity contribution in [3.8, 4) is 0 Å². The zero-order valence-corrected chi connectivity index (χ0v) is 16.0. The van der Waals surface area contributed by atoms with Crippen LogP contribution in [0.5, 0.6) is 0 Å². The first kappa shape index (κ1) is 19.3. The summed E-state index contributed by atoms with van der Waals surface area (Å²) in [6.07, 6.45) is 0.940. The molecule has 0 saturated carbocycles. The highest BCUT2D eigenvalue weighted by Gasteiger charge is 2.60. The molecule has 0 heterocycles. The van der Waals surface area contributed by atoms with Crippen LogP contribution in [0.3, 0.4) is 0 Å². The van der Waals surface area contributed by atoms with Crippen LogP contribution >= 0.6 is 81.2 Å². The fourth-order valence-corrected chi connectivity index (χ4v) is 3.15. The summed E-state index contributed by atoms with van der Waals surface area (Å²) in [7, 11) is 0. The molecule has 1 rings (SSSR count). The third kappa shape index (κ3) is 4.16. The standard InChI is InChI=1S/C13H13Cl7/c1-8(2)7-9-3-5-10(6-4-9)11(14,15)12(16,17)13(18,19)20/h3-6,8H,7H2,1-2H3. The van der Waals surface area contributed by atoms with E-state index in [-0.39, 0.29) is 0 Å². The van der Waals surface area contributed by atoms with E-state index in [1.807, 2.05) is 12.1 Å². The largest absolute Gasteiger partial charge is 0.226 e. The number of hydrogen-bond donors (Lipinski definition) is 0. The summed E-state index contributed by atoms with van der Waals surface area (Å²) in [4.78, 5) is 0. The third-order valence-corrected chi connectivity index (χ3v) is 6.67. The minimum absolute atomic E-state index is 0.463. The van der Waals surface area contributed by atoms with Crippen LogP contribution in [0.2, 0.25) is 0 Å². The summed E-state index contributed by atoms with van der Waals surface area (Å²) in [5, 5.41) is 0. The molecule has 0 atom stereocenters. The number of hydrogen-bond acceptors (Lipinski definition) is 0. The number of benzene rings is 1. The van der Waals surface area contributed by atoms with E-state index in [1.165, 1.54) is 0 Å². The predicted molar refractivity (Wildman–Crippen MR) is 93.1 cm³/mol. The van der Waals surface area contributed by atoms with E-state index >= 15 is 0 Å². The van der Waals surface area contributed by atoms with E-state index < -0.39 is 12.5 Å². The lowest BCUT2D eigenvalue weighted by atomic mass is 10.00. The number of rotatable bonds is 4. The monoisotopic (exact) mass is 414 g/mol. The molecule has 0 bridgehead atoms. The fraction of sp³-hybridized carbons (Fsp3) is 0.538. The van der Waals surface area contributed by atoms with Crippen LogP contribution < -0.4 is 0 Å². The third-order valence-electron chi connectivity index (χ3n) is 2.71. The summed E-state index contributed by atoms with van der Waals surface area (Å²) >= 11 is 41.9. The molecule has 0 nitrogen and oxygen atoms in total. The minimum atomic E-state index is -2.05. The van der Waals surface area contributed by atoms with Crippen LogP contribution in [0.1, 0.15) is 25.0 Å². The highest BCUT2D eigenvalue weighted by Crippen LogP contribution is 2.60. The van der Waals surface area contributed by atoms with Crippen LogP contribution in [-0.4, -0.2) is 8.13 Å². The van der Waals surface area contributed by atoms with Gasteiger partial charge in [0.1, 0.15) is 0 Å². The molecule has 0 saturated heterocycles. The molecule has 0 unspecified atom stereocenters. The lowest BCUT2D eigenvalue weighted by molar-refractivity contribution is 0.646. The van der Waals surface area contributed by atoms with Gasteiger partial charge in [-0.3, -0.25) is 0 Å². The quantitative estimate of drug-likeness (QED) is 0.460. The molecule has 0 fully saturated rings. The SMILES string of the molecule is CC(C)Cc1ccc(C(Cl)(Cl)C(Cl)(Cl)C(Cl)(Cl)Cl)cc1. The molecule has 0 amide bonds. The molecule has 1 aromatic carbocycles. The Morgan fingerprint density at radius 3 is 1.65 bits per heavy atom. The maximum atomic E-state index is 6.24. The molecule has 0 aromatic heterocycles. The van der Waals surface area contributed by atoms with Crippen molar-refractivity contribution in [3.05, 3.63) is 35.4 Å². The van der Waals surface area contributed by atoms with Gasteiger partial charge in [0.15, 0.2) is 4.33 Å². The molecule has 0 N–H and O–H groups in total. The first-order valence-electron chi connectivity index (χ1n) is 5.81. The second-order valence-corrected chi connectivity index (χ2v) is 9.88. The van der Waals surface area contributed by atoms with Gasteiger partial charge in [-0.25, -0.2) is 0 Å². The summed E-state index contributed by atoms with van der Waals surface area (Å²) in [6, 6.07) is 7.26. The fourth-order valence-electron chi connectivity index (χ4n) is 1.68. The van der Waals surface area contributed by atoms with Crippen molar-refractivity contribution in [1.82, 2.24) is 0 Å². The van der Waals surface area contributed by atoms with Crippen LogP contribution in [0, 0.1) is 5.92 Å². The molecule has 0 radical (unpaired) electrons. The molecular formula is C13H13Cl7. The normalized spacial score (nSPS) is 13.9. The van der Waals surface area contributed by atoms with Gasteiger partial charge in [-0.1, -0.05) is 119 Å². The van der Waals surface area contributed by atoms with Crippen molar-refractivity contribution in [2.45, 2.75) is 32.7 Å². The van der Waals surface area contributed by atoms with Gasteiger partial charge in [-0.15, -0.1) is 0 Å². The van der Waals surface area contributed by atoms with Gasteiger partial charge in [0, 0.05) is 0 Å². The second kappa shape index (κ2) is 6.79. The lowest BCUT2D eigenvalue weighted by Crippen LogP contribution is -2.45. The Bertz CT molecular complexity index is 443.